The van der Waals surface area contributed by atoms with Gasteiger partial charge in [0.05, 0.1) is 12.2 Å². The van der Waals surface area contributed by atoms with E-state index in [0.717, 1.165) is 16.9 Å². The summed E-state index contributed by atoms with van der Waals surface area (Å²) >= 11 is 1.11. The quantitative estimate of drug-likeness (QED) is 0.755. The smallest absolute Gasteiger partial charge is 0.252 e. The Labute approximate surface area is 137 Å². The Hall–Kier alpha value is -2.23. The van der Waals surface area contributed by atoms with E-state index in [9.17, 15) is 8.42 Å². The third-order valence-electron chi connectivity index (χ3n) is 2.95. The number of pyridine rings is 1. The summed E-state index contributed by atoms with van der Waals surface area (Å²) in [6.45, 7) is 1.70. The Balaban J connectivity index is 1.84. The highest BCUT2D eigenvalue weighted by atomic mass is 32.2. The summed E-state index contributed by atoms with van der Waals surface area (Å²) in [5.41, 5.74) is 1.24. The van der Waals surface area contributed by atoms with Crippen molar-refractivity contribution in [1.82, 2.24) is 24.7 Å². The molecular formula is C14H13N5O2S2. The number of aryl methyl sites for hydroxylation is 1. The molecule has 0 aromatic carbocycles. The minimum atomic E-state index is -3.67. The summed E-state index contributed by atoms with van der Waals surface area (Å²) < 4.78 is 27.6. The molecule has 9 heteroatoms. The van der Waals surface area contributed by atoms with Crippen LogP contribution in [0.15, 0.2) is 47.2 Å². The van der Waals surface area contributed by atoms with Gasteiger partial charge in [-0.05, 0) is 25.1 Å². The summed E-state index contributed by atoms with van der Waals surface area (Å²) in [7, 11) is -3.67. The van der Waals surface area contributed by atoms with Gasteiger partial charge in [-0.3, -0.25) is 4.98 Å². The summed E-state index contributed by atoms with van der Waals surface area (Å²) in [6.07, 6.45) is 6.44. The first-order valence-electron chi connectivity index (χ1n) is 6.69. The molecule has 1 N–H and O–H groups in total. The van der Waals surface area contributed by atoms with Crippen molar-refractivity contribution in [3.63, 3.8) is 0 Å². The third kappa shape index (κ3) is 3.58. The molecule has 0 bridgehead atoms. The monoisotopic (exact) mass is 347 g/mol. The number of sulfonamides is 1. The van der Waals surface area contributed by atoms with Gasteiger partial charge in [-0.15, -0.1) is 11.3 Å². The Morgan fingerprint density at radius 2 is 1.96 bits per heavy atom. The van der Waals surface area contributed by atoms with E-state index in [4.69, 9.17) is 0 Å². The molecule has 0 fully saturated rings. The lowest BCUT2D eigenvalue weighted by Crippen LogP contribution is -2.24. The Morgan fingerprint density at radius 3 is 2.65 bits per heavy atom. The van der Waals surface area contributed by atoms with Gasteiger partial charge in [0.2, 0.25) is 0 Å². The lowest BCUT2D eigenvalue weighted by molar-refractivity contribution is 0.580. The Kier molecular flexibility index (Phi) is 4.42. The van der Waals surface area contributed by atoms with Crippen LogP contribution in [0.3, 0.4) is 0 Å². The number of thiazole rings is 1. The van der Waals surface area contributed by atoms with Crippen molar-refractivity contribution in [2.24, 2.45) is 0 Å². The van der Waals surface area contributed by atoms with Crippen LogP contribution >= 0.6 is 11.3 Å². The van der Waals surface area contributed by atoms with Crippen molar-refractivity contribution in [1.29, 1.82) is 0 Å². The lowest BCUT2D eigenvalue weighted by atomic mass is 10.3. The molecule has 3 heterocycles. The topological polar surface area (TPSA) is 97.7 Å². The average Bonchev–Trinajstić information content (AvgIpc) is 2.98. The first-order chi connectivity index (χ1) is 11.1. The largest absolute Gasteiger partial charge is 0.264 e. The van der Waals surface area contributed by atoms with Crippen LogP contribution in [0.1, 0.15) is 11.5 Å². The van der Waals surface area contributed by atoms with Crippen LogP contribution in [0.4, 0.5) is 0 Å². The molecule has 3 rings (SSSR count). The molecule has 118 valence electrons. The van der Waals surface area contributed by atoms with E-state index in [0.29, 0.717) is 16.5 Å². The molecule has 0 aliphatic carbocycles. The van der Waals surface area contributed by atoms with E-state index in [2.05, 4.69) is 24.7 Å². The first kappa shape index (κ1) is 15.7. The SMILES string of the molecule is Cc1nc(-c2cccnc2)sc1S(=O)(=O)NCc1ncccn1. The zero-order valence-electron chi connectivity index (χ0n) is 12.2. The second-order valence-corrected chi connectivity index (χ2v) is 7.58. The van der Waals surface area contributed by atoms with Crippen molar-refractivity contribution in [2.75, 3.05) is 0 Å². The van der Waals surface area contributed by atoms with Gasteiger partial charge in [-0.1, -0.05) is 0 Å². The average molecular weight is 347 g/mol. The fraction of sp³-hybridized carbons (Fsp3) is 0.143. The van der Waals surface area contributed by atoms with Crippen LogP contribution in [-0.2, 0) is 16.6 Å². The van der Waals surface area contributed by atoms with Crippen LogP contribution in [0, 0.1) is 6.92 Å². The molecule has 23 heavy (non-hydrogen) atoms. The highest BCUT2D eigenvalue weighted by Gasteiger charge is 2.22. The molecule has 0 aliphatic rings. The van der Waals surface area contributed by atoms with E-state index >= 15 is 0 Å². The molecule has 0 saturated carbocycles. The number of rotatable bonds is 5. The van der Waals surface area contributed by atoms with Gasteiger partial charge in [0.1, 0.15) is 10.8 Å². The molecule has 0 atom stereocenters. The molecular weight excluding hydrogens is 334 g/mol. The van der Waals surface area contributed by atoms with E-state index in [1.165, 1.54) is 0 Å². The van der Waals surface area contributed by atoms with Gasteiger partial charge in [0, 0.05) is 30.4 Å². The Bertz CT molecular complexity index is 895. The van der Waals surface area contributed by atoms with Crippen LogP contribution in [-0.4, -0.2) is 28.4 Å². The number of nitrogens with zero attached hydrogens (tertiary/aromatic N) is 4. The molecule has 3 aromatic heterocycles. The van der Waals surface area contributed by atoms with Gasteiger partial charge >= 0.3 is 0 Å². The van der Waals surface area contributed by atoms with E-state index in [1.807, 2.05) is 6.07 Å². The zero-order chi connectivity index (χ0) is 16.3. The van der Waals surface area contributed by atoms with E-state index in [-0.39, 0.29) is 10.8 Å². The molecule has 7 nitrogen and oxygen atoms in total. The van der Waals surface area contributed by atoms with Crippen LogP contribution in [0.2, 0.25) is 0 Å². The summed E-state index contributed by atoms with van der Waals surface area (Å²) in [5.74, 6) is 0.408. The van der Waals surface area contributed by atoms with Crippen LogP contribution < -0.4 is 4.72 Å². The minimum absolute atomic E-state index is 0.0305. The van der Waals surface area contributed by atoms with Crippen LogP contribution in [0.5, 0.6) is 0 Å². The zero-order valence-corrected chi connectivity index (χ0v) is 13.8. The minimum Gasteiger partial charge on any atom is -0.264 e. The standard InChI is InChI=1S/C14H13N5O2S2/c1-10-14(22-13(19-10)11-4-2-5-15-8-11)23(20,21)18-9-12-16-6-3-7-17-12/h2-8,18H,9H2,1H3. The van der Waals surface area contributed by atoms with Crippen molar-refractivity contribution in [3.8, 4) is 10.6 Å². The fourth-order valence-electron chi connectivity index (χ4n) is 1.89. The number of aromatic nitrogens is 4. The maximum atomic E-state index is 12.5. The van der Waals surface area contributed by atoms with Gasteiger partial charge in [0.15, 0.2) is 4.21 Å². The number of nitrogens with one attached hydrogen (secondary N) is 1. The van der Waals surface area contributed by atoms with Gasteiger partial charge < -0.3 is 0 Å². The first-order valence-corrected chi connectivity index (χ1v) is 8.99. The molecule has 0 unspecified atom stereocenters. The number of hydrogen-bond donors (Lipinski definition) is 1. The molecule has 0 spiro atoms. The molecule has 0 amide bonds. The maximum absolute atomic E-state index is 12.5. The van der Waals surface area contributed by atoms with Gasteiger partial charge in [0.25, 0.3) is 10.0 Å². The number of hydrogen-bond acceptors (Lipinski definition) is 7. The summed E-state index contributed by atoms with van der Waals surface area (Å²) in [5, 5.41) is 0.618. The van der Waals surface area contributed by atoms with Crippen molar-refractivity contribution >= 4 is 21.4 Å². The lowest BCUT2D eigenvalue weighted by Gasteiger charge is -2.03. The van der Waals surface area contributed by atoms with Gasteiger partial charge in [-0.2, -0.15) is 0 Å². The molecule has 0 saturated heterocycles. The summed E-state index contributed by atoms with van der Waals surface area (Å²) in [6, 6.07) is 5.30. The van der Waals surface area contributed by atoms with Crippen molar-refractivity contribution < 1.29 is 8.42 Å². The highest BCUT2D eigenvalue weighted by molar-refractivity contribution is 7.91. The molecule has 0 radical (unpaired) electrons. The van der Waals surface area contributed by atoms with E-state index in [1.54, 1.807) is 43.8 Å². The highest BCUT2D eigenvalue weighted by Crippen LogP contribution is 2.30. The summed E-state index contributed by atoms with van der Waals surface area (Å²) in [4.78, 5) is 16.3. The van der Waals surface area contributed by atoms with E-state index < -0.39 is 10.0 Å². The van der Waals surface area contributed by atoms with Gasteiger partial charge in [-0.25, -0.2) is 28.1 Å². The molecule has 3 aromatic rings. The van der Waals surface area contributed by atoms with Crippen molar-refractivity contribution in [3.05, 3.63) is 54.5 Å². The maximum Gasteiger partial charge on any atom is 0.252 e. The molecule has 0 aliphatic heterocycles. The second-order valence-electron chi connectivity index (χ2n) is 4.62. The predicted octanol–water partition coefficient (Wildman–Crippen LogP) is 1.78. The van der Waals surface area contributed by atoms with Crippen molar-refractivity contribution in [2.45, 2.75) is 17.7 Å². The van der Waals surface area contributed by atoms with Crippen LogP contribution in [0.25, 0.3) is 10.6 Å². The second kappa shape index (κ2) is 6.49. The Morgan fingerprint density at radius 1 is 1.17 bits per heavy atom. The normalized spacial score (nSPS) is 11.5. The predicted molar refractivity (Wildman–Crippen MR) is 86.1 cm³/mol. The fourth-order valence-corrected chi connectivity index (χ4v) is 4.42. The third-order valence-corrected chi connectivity index (χ3v) is 6.16.